The minimum absolute atomic E-state index is 0.0248. The molecule has 0 atom stereocenters. The molecule has 0 saturated heterocycles. The molecule has 7 heteroatoms. The van der Waals surface area contributed by atoms with E-state index in [4.69, 9.17) is 9.72 Å². The molecule has 2 heterocycles. The summed E-state index contributed by atoms with van der Waals surface area (Å²) in [4.78, 5) is 32.8. The summed E-state index contributed by atoms with van der Waals surface area (Å²) in [6.07, 6.45) is 0.212. The van der Waals surface area contributed by atoms with Crippen LogP contribution in [0.3, 0.4) is 0 Å². The van der Waals surface area contributed by atoms with Crippen molar-refractivity contribution in [2.45, 2.75) is 52.3 Å². The molecule has 4 rings (SSSR count). The highest BCUT2D eigenvalue weighted by atomic mass is 16.6. The number of aryl methyl sites for hydroxylation is 1. The van der Waals surface area contributed by atoms with Crippen molar-refractivity contribution in [2.24, 2.45) is 0 Å². The molecular formula is C28H34N4O3. The van der Waals surface area contributed by atoms with Crippen molar-refractivity contribution in [1.29, 1.82) is 0 Å². The third kappa shape index (κ3) is 5.98. The summed E-state index contributed by atoms with van der Waals surface area (Å²) in [7, 11) is 0. The molecule has 0 spiro atoms. The molecule has 1 aliphatic rings. The van der Waals surface area contributed by atoms with Gasteiger partial charge in [0.15, 0.2) is 0 Å². The minimum atomic E-state index is -0.521. The van der Waals surface area contributed by atoms with E-state index in [2.05, 4.69) is 34.5 Å². The van der Waals surface area contributed by atoms with E-state index >= 15 is 0 Å². The maximum absolute atomic E-state index is 13.8. The number of nitrogens with zero attached hydrogens (tertiary/aromatic N) is 3. The van der Waals surface area contributed by atoms with E-state index in [0.29, 0.717) is 31.9 Å². The normalized spacial score (nSPS) is 14.0. The Bertz CT molecular complexity index is 1180. The fourth-order valence-electron chi connectivity index (χ4n) is 4.56. The van der Waals surface area contributed by atoms with Crippen LogP contribution in [0.2, 0.25) is 0 Å². The molecule has 1 aliphatic heterocycles. The minimum Gasteiger partial charge on any atom is -0.444 e. The van der Waals surface area contributed by atoms with Crippen molar-refractivity contribution in [3.63, 3.8) is 0 Å². The van der Waals surface area contributed by atoms with Gasteiger partial charge in [-0.3, -0.25) is 14.3 Å². The molecular weight excluding hydrogens is 440 g/mol. The van der Waals surface area contributed by atoms with Crippen LogP contribution in [-0.4, -0.2) is 45.8 Å². The summed E-state index contributed by atoms with van der Waals surface area (Å²) in [6, 6.07) is 20.0. The van der Waals surface area contributed by atoms with Gasteiger partial charge in [-0.25, -0.2) is 9.78 Å². The standard InChI is InChI=1S/C28H34N4O3/c1-20-30-24-19-31(18-16-29-27(34)35-28(2,3)4)17-15-23(24)26(33)32(20)25(21-11-7-5-8-12-21)22-13-9-6-10-14-22/h5-14,25H,15-19H2,1-4H3,(H,29,34). The fraction of sp³-hybridized carbons (Fsp3) is 0.393. The largest absolute Gasteiger partial charge is 0.444 e. The van der Waals surface area contributed by atoms with Crippen molar-refractivity contribution in [3.8, 4) is 0 Å². The number of nitrogens with one attached hydrogen (secondary N) is 1. The lowest BCUT2D eigenvalue weighted by atomic mass is 9.97. The monoisotopic (exact) mass is 474 g/mol. The van der Waals surface area contributed by atoms with Crippen molar-refractivity contribution in [2.75, 3.05) is 19.6 Å². The summed E-state index contributed by atoms with van der Waals surface area (Å²) >= 11 is 0. The molecule has 0 radical (unpaired) electrons. The summed E-state index contributed by atoms with van der Waals surface area (Å²) in [6.45, 7) is 9.90. The molecule has 1 N–H and O–H groups in total. The van der Waals surface area contributed by atoms with E-state index in [0.717, 1.165) is 28.9 Å². The summed E-state index contributed by atoms with van der Waals surface area (Å²) in [5.74, 6) is 0.695. The average molecular weight is 475 g/mol. The van der Waals surface area contributed by atoms with Gasteiger partial charge < -0.3 is 10.1 Å². The van der Waals surface area contributed by atoms with E-state index in [-0.39, 0.29) is 11.6 Å². The quantitative estimate of drug-likeness (QED) is 0.583. The van der Waals surface area contributed by atoms with E-state index in [1.54, 1.807) is 0 Å². The van der Waals surface area contributed by atoms with Crippen molar-refractivity contribution in [1.82, 2.24) is 19.8 Å². The number of carbonyl (C=O) groups excluding carboxylic acids is 1. The third-order valence-corrected chi connectivity index (χ3v) is 6.11. The molecule has 2 aromatic carbocycles. The van der Waals surface area contributed by atoms with Crippen LogP contribution in [0.5, 0.6) is 0 Å². The first-order valence-corrected chi connectivity index (χ1v) is 12.1. The molecule has 0 saturated carbocycles. The maximum Gasteiger partial charge on any atom is 0.407 e. The highest BCUT2D eigenvalue weighted by Crippen LogP contribution is 2.27. The summed E-state index contributed by atoms with van der Waals surface area (Å²) < 4.78 is 7.13. The molecule has 0 unspecified atom stereocenters. The molecule has 35 heavy (non-hydrogen) atoms. The number of benzene rings is 2. The highest BCUT2D eigenvalue weighted by Gasteiger charge is 2.26. The van der Waals surface area contributed by atoms with Gasteiger partial charge in [0, 0.05) is 31.7 Å². The predicted molar refractivity (Wildman–Crippen MR) is 137 cm³/mol. The van der Waals surface area contributed by atoms with Crippen LogP contribution in [-0.2, 0) is 17.7 Å². The second-order valence-corrected chi connectivity index (χ2v) is 9.94. The Morgan fingerprint density at radius 3 is 2.23 bits per heavy atom. The molecule has 3 aromatic rings. The van der Waals surface area contributed by atoms with Gasteiger partial charge in [0.2, 0.25) is 0 Å². The second kappa shape index (κ2) is 10.4. The van der Waals surface area contributed by atoms with Gasteiger partial charge >= 0.3 is 6.09 Å². The number of rotatable bonds is 6. The molecule has 0 bridgehead atoms. The lowest BCUT2D eigenvalue weighted by Gasteiger charge is -2.30. The Labute approximate surface area is 206 Å². The second-order valence-electron chi connectivity index (χ2n) is 9.94. The molecule has 1 aromatic heterocycles. The fourth-order valence-corrected chi connectivity index (χ4v) is 4.56. The summed E-state index contributed by atoms with van der Waals surface area (Å²) in [5, 5.41) is 2.80. The van der Waals surface area contributed by atoms with Crippen molar-refractivity contribution >= 4 is 6.09 Å². The number of hydrogen-bond acceptors (Lipinski definition) is 5. The number of hydrogen-bond donors (Lipinski definition) is 1. The van der Waals surface area contributed by atoms with Gasteiger partial charge in [-0.1, -0.05) is 60.7 Å². The Kier molecular flexibility index (Phi) is 7.36. The van der Waals surface area contributed by atoms with Crippen LogP contribution < -0.4 is 10.9 Å². The predicted octanol–water partition coefficient (Wildman–Crippen LogP) is 4.07. The van der Waals surface area contributed by atoms with Crippen LogP contribution in [0.4, 0.5) is 4.79 Å². The van der Waals surface area contributed by atoms with Gasteiger partial charge in [0.1, 0.15) is 11.4 Å². The number of alkyl carbamates (subject to hydrolysis) is 1. The average Bonchev–Trinajstić information content (AvgIpc) is 2.81. The number of amides is 1. The SMILES string of the molecule is Cc1nc2c(c(=O)n1C(c1ccccc1)c1ccccc1)CCN(CCNC(=O)OC(C)(C)C)C2. The number of carbonyl (C=O) groups is 1. The molecule has 1 amide bonds. The molecule has 184 valence electrons. The smallest absolute Gasteiger partial charge is 0.407 e. The van der Waals surface area contributed by atoms with E-state index in [9.17, 15) is 9.59 Å². The number of ether oxygens (including phenoxy) is 1. The van der Waals surface area contributed by atoms with Crippen LogP contribution >= 0.6 is 0 Å². The highest BCUT2D eigenvalue weighted by molar-refractivity contribution is 5.67. The van der Waals surface area contributed by atoms with Gasteiger partial charge in [-0.05, 0) is 45.2 Å². The zero-order chi connectivity index (χ0) is 25.0. The molecule has 0 aliphatic carbocycles. The number of aromatic nitrogens is 2. The van der Waals surface area contributed by atoms with Crippen molar-refractivity contribution in [3.05, 3.63) is 99.2 Å². The molecule has 0 fully saturated rings. The van der Waals surface area contributed by atoms with E-state index < -0.39 is 11.7 Å². The van der Waals surface area contributed by atoms with Crippen LogP contribution in [0.1, 0.15) is 55.0 Å². The maximum atomic E-state index is 13.8. The lowest BCUT2D eigenvalue weighted by Crippen LogP contribution is -2.43. The topological polar surface area (TPSA) is 76.5 Å². The zero-order valence-corrected chi connectivity index (χ0v) is 21.0. The van der Waals surface area contributed by atoms with Gasteiger partial charge in [-0.2, -0.15) is 0 Å². The Balaban J connectivity index is 1.56. The van der Waals surface area contributed by atoms with Crippen molar-refractivity contribution < 1.29 is 9.53 Å². The summed E-state index contributed by atoms with van der Waals surface area (Å²) in [5.41, 5.74) is 3.22. The molecule has 7 nitrogen and oxygen atoms in total. The van der Waals surface area contributed by atoms with Gasteiger partial charge in [0.25, 0.3) is 5.56 Å². The van der Waals surface area contributed by atoms with Crippen LogP contribution in [0.25, 0.3) is 0 Å². The van der Waals surface area contributed by atoms with Crippen LogP contribution in [0.15, 0.2) is 65.5 Å². The Morgan fingerprint density at radius 1 is 1.06 bits per heavy atom. The Hall–Kier alpha value is -3.45. The first-order valence-electron chi connectivity index (χ1n) is 12.1. The van der Waals surface area contributed by atoms with Gasteiger partial charge in [-0.15, -0.1) is 0 Å². The van der Waals surface area contributed by atoms with Crippen LogP contribution in [0, 0.1) is 6.92 Å². The Morgan fingerprint density at radius 2 is 1.66 bits per heavy atom. The lowest BCUT2D eigenvalue weighted by molar-refractivity contribution is 0.0521. The first-order chi connectivity index (χ1) is 16.7. The zero-order valence-electron chi connectivity index (χ0n) is 21.0. The first kappa shape index (κ1) is 24.7. The van der Waals surface area contributed by atoms with E-state index in [1.807, 2.05) is 68.7 Å². The van der Waals surface area contributed by atoms with E-state index in [1.165, 1.54) is 0 Å². The van der Waals surface area contributed by atoms with Gasteiger partial charge in [0.05, 0.1) is 11.7 Å². The third-order valence-electron chi connectivity index (χ3n) is 6.11. The number of fused-ring (bicyclic) bond motifs is 1.